The fraction of sp³-hybridized carbons (Fsp3) is 0.917. The number of carbonyl (C=O) groups excluding carboxylic acids is 1. The molecule has 1 atom stereocenters. The van der Waals surface area contributed by atoms with E-state index < -0.39 is 5.54 Å². The van der Waals surface area contributed by atoms with Gasteiger partial charge >= 0.3 is 0 Å². The van der Waals surface area contributed by atoms with E-state index in [9.17, 15) is 9.90 Å². The molecule has 0 saturated heterocycles. The van der Waals surface area contributed by atoms with E-state index in [0.29, 0.717) is 13.0 Å². The fourth-order valence-electron chi connectivity index (χ4n) is 2.09. The molecule has 0 bridgehead atoms. The van der Waals surface area contributed by atoms with Gasteiger partial charge in [-0.25, -0.2) is 0 Å². The average Bonchev–Trinajstić information content (AvgIpc) is 2.23. The topological polar surface area (TPSA) is 75.3 Å². The Labute approximate surface area is 97.6 Å². The SMILES string of the molecule is CCC(C)(CO)NC(=O)CC1(CN)CCC1. The van der Waals surface area contributed by atoms with Crippen LogP contribution in [0, 0.1) is 5.41 Å². The van der Waals surface area contributed by atoms with Gasteiger partial charge < -0.3 is 16.2 Å². The molecular weight excluding hydrogens is 204 g/mol. The Hall–Kier alpha value is -0.610. The lowest BCUT2D eigenvalue weighted by Crippen LogP contribution is -2.51. The summed E-state index contributed by atoms with van der Waals surface area (Å²) in [4.78, 5) is 11.9. The summed E-state index contributed by atoms with van der Waals surface area (Å²) in [6, 6.07) is 0. The summed E-state index contributed by atoms with van der Waals surface area (Å²) in [5.74, 6) is 0.0172. The zero-order valence-corrected chi connectivity index (χ0v) is 10.4. The molecule has 1 aliphatic rings. The number of aliphatic hydroxyl groups excluding tert-OH is 1. The minimum absolute atomic E-state index is 0.0172. The predicted molar refractivity (Wildman–Crippen MR) is 63.9 cm³/mol. The molecule has 4 N–H and O–H groups in total. The van der Waals surface area contributed by atoms with Crippen LogP contribution in [-0.4, -0.2) is 29.7 Å². The zero-order chi connectivity index (χ0) is 12.2. The largest absolute Gasteiger partial charge is 0.394 e. The molecule has 0 aromatic rings. The highest BCUT2D eigenvalue weighted by Crippen LogP contribution is 2.42. The monoisotopic (exact) mass is 228 g/mol. The highest BCUT2D eigenvalue weighted by Gasteiger charge is 2.38. The molecule has 0 aliphatic heterocycles. The Morgan fingerprint density at radius 3 is 2.50 bits per heavy atom. The molecule has 94 valence electrons. The lowest BCUT2D eigenvalue weighted by atomic mass is 9.66. The smallest absolute Gasteiger partial charge is 0.221 e. The number of amides is 1. The molecule has 1 rings (SSSR count). The molecular formula is C12H24N2O2. The third-order valence-corrected chi connectivity index (χ3v) is 3.95. The van der Waals surface area contributed by atoms with Gasteiger partial charge in [-0.3, -0.25) is 4.79 Å². The van der Waals surface area contributed by atoms with Crippen molar-refractivity contribution in [2.45, 2.75) is 51.5 Å². The molecule has 1 amide bonds. The second kappa shape index (κ2) is 5.15. The number of nitrogens with one attached hydrogen (secondary N) is 1. The first-order valence-electron chi connectivity index (χ1n) is 6.11. The van der Waals surface area contributed by atoms with E-state index in [1.807, 2.05) is 13.8 Å². The Kier molecular flexibility index (Phi) is 4.33. The van der Waals surface area contributed by atoms with Gasteiger partial charge in [0.25, 0.3) is 0 Å². The fourth-order valence-corrected chi connectivity index (χ4v) is 2.09. The number of carbonyl (C=O) groups is 1. The van der Waals surface area contributed by atoms with Gasteiger partial charge in [0.1, 0.15) is 0 Å². The van der Waals surface area contributed by atoms with Crippen molar-refractivity contribution in [1.82, 2.24) is 5.32 Å². The lowest BCUT2D eigenvalue weighted by Gasteiger charge is -2.41. The summed E-state index contributed by atoms with van der Waals surface area (Å²) in [5, 5.41) is 12.1. The second-order valence-corrected chi connectivity index (χ2v) is 5.35. The second-order valence-electron chi connectivity index (χ2n) is 5.35. The Bertz CT molecular complexity index is 223. The van der Waals surface area contributed by atoms with Crippen molar-refractivity contribution in [2.24, 2.45) is 11.1 Å². The number of hydrogen-bond acceptors (Lipinski definition) is 3. The molecule has 4 heteroatoms. The van der Waals surface area contributed by atoms with Gasteiger partial charge in [0.2, 0.25) is 5.91 Å². The molecule has 1 unspecified atom stereocenters. The first kappa shape index (κ1) is 13.5. The van der Waals surface area contributed by atoms with Crippen molar-refractivity contribution in [3.63, 3.8) is 0 Å². The minimum Gasteiger partial charge on any atom is -0.394 e. The first-order valence-corrected chi connectivity index (χ1v) is 6.11. The van der Waals surface area contributed by atoms with Crippen LogP contribution in [-0.2, 0) is 4.79 Å². The van der Waals surface area contributed by atoms with Crippen molar-refractivity contribution in [3.05, 3.63) is 0 Å². The summed E-state index contributed by atoms with van der Waals surface area (Å²) < 4.78 is 0. The molecule has 0 aromatic carbocycles. The third-order valence-electron chi connectivity index (χ3n) is 3.95. The molecule has 1 aliphatic carbocycles. The molecule has 4 nitrogen and oxygen atoms in total. The van der Waals surface area contributed by atoms with Crippen molar-refractivity contribution in [2.75, 3.05) is 13.2 Å². The van der Waals surface area contributed by atoms with Crippen molar-refractivity contribution in [3.8, 4) is 0 Å². The van der Waals surface area contributed by atoms with E-state index in [1.54, 1.807) is 0 Å². The van der Waals surface area contributed by atoms with E-state index in [4.69, 9.17) is 5.73 Å². The Balaban J connectivity index is 2.46. The van der Waals surface area contributed by atoms with Crippen molar-refractivity contribution >= 4 is 5.91 Å². The van der Waals surface area contributed by atoms with E-state index in [-0.39, 0.29) is 17.9 Å². The number of aliphatic hydroxyl groups is 1. The van der Waals surface area contributed by atoms with Gasteiger partial charge in [0.05, 0.1) is 12.1 Å². The summed E-state index contributed by atoms with van der Waals surface area (Å²) in [6.45, 7) is 4.38. The maximum Gasteiger partial charge on any atom is 0.221 e. The van der Waals surface area contributed by atoms with Crippen LogP contribution in [0.15, 0.2) is 0 Å². The number of nitrogens with two attached hydrogens (primary N) is 1. The average molecular weight is 228 g/mol. The van der Waals surface area contributed by atoms with Crippen LogP contribution < -0.4 is 11.1 Å². The summed E-state index contributed by atoms with van der Waals surface area (Å²) >= 11 is 0. The van der Waals surface area contributed by atoms with Crippen LogP contribution in [0.5, 0.6) is 0 Å². The molecule has 0 spiro atoms. The van der Waals surface area contributed by atoms with Crippen molar-refractivity contribution in [1.29, 1.82) is 0 Å². The summed E-state index contributed by atoms with van der Waals surface area (Å²) in [6.07, 6.45) is 4.51. The zero-order valence-electron chi connectivity index (χ0n) is 10.4. The highest BCUT2D eigenvalue weighted by atomic mass is 16.3. The van der Waals surface area contributed by atoms with Crippen LogP contribution in [0.2, 0.25) is 0 Å². The third kappa shape index (κ3) is 2.95. The number of hydrogen-bond donors (Lipinski definition) is 3. The molecule has 1 fully saturated rings. The standard InChI is InChI=1S/C12H24N2O2/c1-3-11(2,9-15)14-10(16)7-12(8-13)5-4-6-12/h15H,3-9,13H2,1-2H3,(H,14,16). The maximum absolute atomic E-state index is 11.9. The first-order chi connectivity index (χ1) is 7.49. The van der Waals surface area contributed by atoms with Gasteiger partial charge in [-0.15, -0.1) is 0 Å². The van der Waals surface area contributed by atoms with Crippen LogP contribution >= 0.6 is 0 Å². The molecule has 1 saturated carbocycles. The maximum atomic E-state index is 11.9. The minimum atomic E-state index is -0.489. The van der Waals surface area contributed by atoms with E-state index in [0.717, 1.165) is 19.3 Å². The highest BCUT2D eigenvalue weighted by molar-refractivity contribution is 5.77. The van der Waals surface area contributed by atoms with Crippen LogP contribution in [0.3, 0.4) is 0 Å². The molecule has 0 aromatic heterocycles. The quantitative estimate of drug-likeness (QED) is 0.629. The van der Waals surface area contributed by atoms with Gasteiger partial charge in [0, 0.05) is 6.42 Å². The Morgan fingerprint density at radius 2 is 2.19 bits per heavy atom. The van der Waals surface area contributed by atoms with E-state index in [2.05, 4.69) is 5.32 Å². The van der Waals surface area contributed by atoms with Gasteiger partial charge in [-0.1, -0.05) is 13.3 Å². The summed E-state index contributed by atoms with van der Waals surface area (Å²) in [7, 11) is 0. The van der Waals surface area contributed by atoms with Gasteiger partial charge in [0.15, 0.2) is 0 Å². The van der Waals surface area contributed by atoms with E-state index in [1.165, 1.54) is 6.42 Å². The molecule has 0 heterocycles. The van der Waals surface area contributed by atoms with Crippen LogP contribution in [0.25, 0.3) is 0 Å². The Morgan fingerprint density at radius 1 is 1.56 bits per heavy atom. The summed E-state index contributed by atoms with van der Waals surface area (Å²) in [5.41, 5.74) is 5.26. The van der Waals surface area contributed by atoms with Gasteiger partial charge in [-0.2, -0.15) is 0 Å². The van der Waals surface area contributed by atoms with Crippen molar-refractivity contribution < 1.29 is 9.90 Å². The predicted octanol–water partition coefficient (Wildman–Crippen LogP) is 0.783. The lowest BCUT2D eigenvalue weighted by molar-refractivity contribution is -0.127. The molecule has 0 radical (unpaired) electrons. The molecule has 16 heavy (non-hydrogen) atoms. The van der Waals surface area contributed by atoms with E-state index >= 15 is 0 Å². The normalized spacial score (nSPS) is 22.0. The van der Waals surface area contributed by atoms with Gasteiger partial charge in [-0.05, 0) is 38.1 Å². The number of rotatable bonds is 6. The van der Waals surface area contributed by atoms with Crippen LogP contribution in [0.1, 0.15) is 46.0 Å². The van der Waals surface area contributed by atoms with Crippen LogP contribution in [0.4, 0.5) is 0 Å².